The fraction of sp³-hybridized carbons (Fsp3) is 0.600. The number of guanidine groups is 1. The highest BCUT2D eigenvalue weighted by atomic mass is 16.5. The number of rotatable bonds is 5. The van der Waals surface area contributed by atoms with Crippen LogP contribution in [0.1, 0.15) is 24.8 Å². The van der Waals surface area contributed by atoms with Crippen molar-refractivity contribution in [1.29, 1.82) is 0 Å². The van der Waals surface area contributed by atoms with E-state index >= 15 is 0 Å². The number of β-amino-alcohol motifs (C(OH)–C–C–N with tert-alkyl or cyclic N) is 1. The summed E-state index contributed by atoms with van der Waals surface area (Å²) >= 11 is 0. The van der Waals surface area contributed by atoms with E-state index in [1.54, 1.807) is 0 Å². The molecule has 1 aromatic rings. The van der Waals surface area contributed by atoms with Crippen LogP contribution in [-0.2, 0) is 9.53 Å². The van der Waals surface area contributed by atoms with Gasteiger partial charge in [-0.3, -0.25) is 9.79 Å². The van der Waals surface area contributed by atoms with Gasteiger partial charge in [-0.15, -0.1) is 0 Å². The molecule has 1 amide bonds. The maximum Gasteiger partial charge on any atom is 0.232 e. The summed E-state index contributed by atoms with van der Waals surface area (Å²) in [4.78, 5) is 21.9. The van der Waals surface area contributed by atoms with Gasteiger partial charge in [0.2, 0.25) is 5.91 Å². The van der Waals surface area contributed by atoms with Gasteiger partial charge < -0.3 is 25.0 Å². The van der Waals surface area contributed by atoms with E-state index in [2.05, 4.69) is 10.2 Å². The molecule has 1 aromatic carbocycles. The fourth-order valence-corrected chi connectivity index (χ4v) is 3.55. The van der Waals surface area contributed by atoms with Crippen molar-refractivity contribution in [2.75, 3.05) is 52.5 Å². The van der Waals surface area contributed by atoms with E-state index in [4.69, 9.17) is 9.73 Å². The number of benzene rings is 1. The molecule has 3 rings (SSSR count). The van der Waals surface area contributed by atoms with Gasteiger partial charge in [-0.1, -0.05) is 30.3 Å². The number of nitrogens with zero attached hydrogens (tertiary/aromatic N) is 3. The molecule has 2 fully saturated rings. The Hall–Kier alpha value is -2.12. The van der Waals surface area contributed by atoms with Gasteiger partial charge in [0, 0.05) is 32.7 Å². The number of aliphatic hydroxyl groups excluding tert-OH is 1. The Bertz CT molecular complexity index is 631. The molecule has 0 aromatic heterocycles. The molecule has 0 bridgehead atoms. The molecule has 7 nitrogen and oxygen atoms in total. The first-order valence-electron chi connectivity index (χ1n) is 9.82. The summed E-state index contributed by atoms with van der Waals surface area (Å²) in [5, 5.41) is 13.1. The molecule has 2 heterocycles. The Morgan fingerprint density at radius 3 is 2.63 bits per heavy atom. The summed E-state index contributed by atoms with van der Waals surface area (Å²) in [5.74, 6) is 0.556. The monoisotopic (exact) mass is 374 g/mol. The summed E-state index contributed by atoms with van der Waals surface area (Å²) < 4.78 is 5.38. The molecule has 27 heavy (non-hydrogen) atoms. The first-order chi connectivity index (χ1) is 13.2. The second kappa shape index (κ2) is 9.71. The predicted molar refractivity (Wildman–Crippen MR) is 105 cm³/mol. The number of ether oxygens (including phenoxy) is 1. The molecule has 2 aliphatic rings. The topological polar surface area (TPSA) is 77.4 Å². The Kier molecular flexibility index (Phi) is 7.06. The van der Waals surface area contributed by atoms with E-state index in [1.165, 1.54) is 0 Å². The number of carbonyl (C=O) groups is 1. The van der Waals surface area contributed by atoms with Crippen LogP contribution in [0.15, 0.2) is 35.3 Å². The van der Waals surface area contributed by atoms with Gasteiger partial charge in [0.25, 0.3) is 0 Å². The minimum atomic E-state index is -0.314. The van der Waals surface area contributed by atoms with Crippen molar-refractivity contribution in [3.05, 3.63) is 35.9 Å². The smallest absolute Gasteiger partial charge is 0.232 e. The van der Waals surface area contributed by atoms with Crippen LogP contribution in [0.2, 0.25) is 0 Å². The second-order valence-electron chi connectivity index (χ2n) is 6.98. The maximum absolute atomic E-state index is 13.2. The fourth-order valence-electron chi connectivity index (χ4n) is 3.55. The zero-order valence-electron chi connectivity index (χ0n) is 16.0. The maximum atomic E-state index is 13.2. The first-order valence-corrected chi connectivity index (χ1v) is 9.82. The van der Waals surface area contributed by atoms with Crippen molar-refractivity contribution >= 4 is 11.9 Å². The molecule has 0 spiro atoms. The van der Waals surface area contributed by atoms with Crippen LogP contribution in [0.4, 0.5) is 0 Å². The van der Waals surface area contributed by atoms with Crippen molar-refractivity contribution < 1.29 is 14.6 Å². The van der Waals surface area contributed by atoms with Gasteiger partial charge in [-0.2, -0.15) is 0 Å². The molecule has 0 aliphatic carbocycles. The van der Waals surface area contributed by atoms with Crippen molar-refractivity contribution in [2.24, 2.45) is 4.99 Å². The zero-order valence-corrected chi connectivity index (χ0v) is 16.0. The number of likely N-dealkylation sites (tertiary alicyclic amines) is 1. The molecule has 0 saturated carbocycles. The second-order valence-corrected chi connectivity index (χ2v) is 6.98. The molecule has 1 unspecified atom stereocenters. The van der Waals surface area contributed by atoms with Crippen LogP contribution in [0.25, 0.3) is 0 Å². The molecule has 2 aliphatic heterocycles. The Morgan fingerprint density at radius 1 is 1.26 bits per heavy atom. The standard InChI is InChI=1S/C20H30N4O3/c1-2-21-20(24-9-8-17(25)15-24)22-14-18(16-6-4-3-5-7-16)19(26)23-10-12-27-13-11-23/h3-7,17-18,25H,2,8-15H2,1H3,(H,21,22)/t17-,18?/m1/s1. The summed E-state index contributed by atoms with van der Waals surface area (Å²) in [6, 6.07) is 9.86. The van der Waals surface area contributed by atoms with Gasteiger partial charge >= 0.3 is 0 Å². The Labute approximate surface area is 161 Å². The van der Waals surface area contributed by atoms with Crippen LogP contribution in [0.3, 0.4) is 0 Å². The lowest BCUT2D eigenvalue weighted by atomic mass is 9.97. The third-order valence-corrected chi connectivity index (χ3v) is 5.04. The molecule has 148 valence electrons. The SMILES string of the molecule is CCNC(=NCC(C(=O)N1CCOCC1)c1ccccc1)N1CC[C@@H](O)C1. The number of morpholine rings is 1. The molecular formula is C20H30N4O3. The number of amides is 1. The number of hydrogen-bond donors (Lipinski definition) is 2. The third kappa shape index (κ3) is 5.20. The number of nitrogens with one attached hydrogen (secondary N) is 1. The largest absolute Gasteiger partial charge is 0.391 e. The third-order valence-electron chi connectivity index (χ3n) is 5.04. The van der Waals surface area contributed by atoms with Gasteiger partial charge in [-0.05, 0) is 18.9 Å². The van der Waals surface area contributed by atoms with E-state index < -0.39 is 0 Å². The van der Waals surface area contributed by atoms with E-state index in [1.807, 2.05) is 42.2 Å². The lowest BCUT2D eigenvalue weighted by Crippen LogP contribution is -2.44. The van der Waals surface area contributed by atoms with Gasteiger partial charge in [0.15, 0.2) is 5.96 Å². The minimum absolute atomic E-state index is 0.102. The van der Waals surface area contributed by atoms with Crippen molar-refractivity contribution in [1.82, 2.24) is 15.1 Å². The minimum Gasteiger partial charge on any atom is -0.391 e. The van der Waals surface area contributed by atoms with Crippen LogP contribution >= 0.6 is 0 Å². The number of aliphatic imine (C=N–C) groups is 1. The van der Waals surface area contributed by atoms with Gasteiger partial charge in [0.05, 0.1) is 31.8 Å². The lowest BCUT2D eigenvalue weighted by Gasteiger charge is -2.30. The summed E-state index contributed by atoms with van der Waals surface area (Å²) in [7, 11) is 0. The Morgan fingerprint density at radius 2 is 2.00 bits per heavy atom. The van der Waals surface area contributed by atoms with Crippen molar-refractivity contribution in [3.63, 3.8) is 0 Å². The zero-order chi connectivity index (χ0) is 19.1. The lowest BCUT2D eigenvalue weighted by molar-refractivity contribution is -0.136. The number of aliphatic hydroxyl groups is 1. The molecule has 2 N–H and O–H groups in total. The molecule has 7 heteroatoms. The highest BCUT2D eigenvalue weighted by Gasteiger charge is 2.28. The number of hydrogen-bond acceptors (Lipinski definition) is 4. The van der Waals surface area contributed by atoms with Crippen LogP contribution in [0.5, 0.6) is 0 Å². The summed E-state index contributed by atoms with van der Waals surface area (Å²) in [6.45, 7) is 6.95. The van der Waals surface area contributed by atoms with Crippen molar-refractivity contribution in [2.45, 2.75) is 25.4 Å². The highest BCUT2D eigenvalue weighted by molar-refractivity contribution is 5.85. The molecule has 2 atom stereocenters. The molecule has 0 radical (unpaired) electrons. The predicted octanol–water partition coefficient (Wildman–Crippen LogP) is 0.661. The van der Waals surface area contributed by atoms with Crippen molar-refractivity contribution in [3.8, 4) is 0 Å². The molecule has 2 saturated heterocycles. The van der Waals surface area contributed by atoms with E-state index in [9.17, 15) is 9.90 Å². The summed E-state index contributed by atoms with van der Waals surface area (Å²) in [5.41, 5.74) is 0.982. The van der Waals surface area contributed by atoms with E-state index in [-0.39, 0.29) is 17.9 Å². The van der Waals surface area contributed by atoms with Gasteiger partial charge in [0.1, 0.15) is 0 Å². The van der Waals surface area contributed by atoms with Crippen LogP contribution < -0.4 is 5.32 Å². The summed E-state index contributed by atoms with van der Waals surface area (Å²) in [6.07, 6.45) is 0.438. The Balaban J connectivity index is 1.78. The highest BCUT2D eigenvalue weighted by Crippen LogP contribution is 2.20. The van der Waals surface area contributed by atoms with E-state index in [0.29, 0.717) is 39.4 Å². The molecular weight excluding hydrogens is 344 g/mol. The van der Waals surface area contributed by atoms with E-state index in [0.717, 1.165) is 31.0 Å². The van der Waals surface area contributed by atoms with Gasteiger partial charge in [-0.25, -0.2) is 0 Å². The van der Waals surface area contributed by atoms with Crippen LogP contribution in [0, 0.1) is 0 Å². The normalized spacial score (nSPS) is 22.0. The average Bonchev–Trinajstić information content (AvgIpc) is 3.15. The number of carbonyl (C=O) groups excluding carboxylic acids is 1. The quantitative estimate of drug-likeness (QED) is 0.585. The van der Waals surface area contributed by atoms with Crippen LogP contribution in [-0.4, -0.2) is 85.4 Å². The first kappa shape index (κ1) is 19.6. The average molecular weight is 374 g/mol.